The third-order valence-corrected chi connectivity index (χ3v) is 6.52. The number of hydrogen-bond donors (Lipinski definition) is 1. The molecule has 2 heterocycles. The van der Waals surface area contributed by atoms with Crippen molar-refractivity contribution in [2.24, 2.45) is 0 Å². The van der Waals surface area contributed by atoms with Crippen molar-refractivity contribution in [3.8, 4) is 6.07 Å². The number of nitrogens with one attached hydrogen (secondary N) is 1. The monoisotopic (exact) mass is 414 g/mol. The highest BCUT2D eigenvalue weighted by Crippen LogP contribution is 2.31. The number of piperazine rings is 1. The molecule has 1 saturated heterocycles. The molecule has 3 aromatic rings. The molecule has 31 heavy (non-hydrogen) atoms. The van der Waals surface area contributed by atoms with Gasteiger partial charge in [0, 0.05) is 42.9 Å². The second-order valence-corrected chi connectivity index (χ2v) is 8.86. The molecule has 0 saturated carbocycles. The number of fused-ring (bicyclic) bond motifs is 1. The van der Waals surface area contributed by atoms with Crippen molar-refractivity contribution in [1.29, 1.82) is 5.26 Å². The molecule has 1 unspecified atom stereocenters. The van der Waals surface area contributed by atoms with Gasteiger partial charge in [-0.15, -0.1) is 0 Å². The normalized spacial score (nSPS) is 16.8. The number of rotatable bonds is 5. The van der Waals surface area contributed by atoms with Gasteiger partial charge in [0.05, 0.1) is 11.5 Å². The van der Waals surface area contributed by atoms with Gasteiger partial charge in [0.1, 0.15) is 0 Å². The van der Waals surface area contributed by atoms with Crippen LogP contribution in [0.5, 0.6) is 0 Å². The van der Waals surface area contributed by atoms with E-state index in [-0.39, 0.29) is 5.56 Å². The lowest BCUT2D eigenvalue weighted by Gasteiger charge is -2.34. The zero-order chi connectivity index (χ0) is 22.0. The van der Waals surface area contributed by atoms with E-state index in [0.29, 0.717) is 12.8 Å². The van der Waals surface area contributed by atoms with Crippen LogP contribution < -0.4 is 10.5 Å². The van der Waals surface area contributed by atoms with Crippen molar-refractivity contribution in [3.63, 3.8) is 0 Å². The summed E-state index contributed by atoms with van der Waals surface area (Å²) in [4.78, 5) is 20.0. The molecule has 0 amide bonds. The van der Waals surface area contributed by atoms with E-state index in [2.05, 4.69) is 52.2 Å². The van der Waals surface area contributed by atoms with E-state index < -0.39 is 5.41 Å². The summed E-state index contributed by atoms with van der Waals surface area (Å²) in [6.45, 7) is 8.13. The van der Waals surface area contributed by atoms with Crippen LogP contribution in [0.3, 0.4) is 0 Å². The van der Waals surface area contributed by atoms with Crippen LogP contribution in [0.25, 0.3) is 10.9 Å². The van der Waals surface area contributed by atoms with Gasteiger partial charge in [0.2, 0.25) is 0 Å². The summed E-state index contributed by atoms with van der Waals surface area (Å²) in [5.41, 5.74) is 4.13. The summed E-state index contributed by atoms with van der Waals surface area (Å²) in [6.07, 6.45) is 1.32. The first-order chi connectivity index (χ1) is 14.9. The Morgan fingerprint density at radius 1 is 1.10 bits per heavy atom. The predicted octanol–water partition coefficient (Wildman–Crippen LogP) is 3.87. The standard InChI is InChI=1S/C26H30N4O/c1-4-20-15-21-8-9-22(16-24(21)28-25(20)31)26(2,18-27)17-19-6-5-7-23(14-19)30-12-10-29(3)11-13-30/h5-9,14-16H,4,10-13,17H2,1-3H3,(H,28,31). The van der Waals surface area contributed by atoms with Gasteiger partial charge in [0.15, 0.2) is 0 Å². The summed E-state index contributed by atoms with van der Waals surface area (Å²) in [5, 5.41) is 11.1. The van der Waals surface area contributed by atoms with Crippen LogP contribution in [0.15, 0.2) is 53.3 Å². The van der Waals surface area contributed by atoms with Crippen LogP contribution in [0.2, 0.25) is 0 Å². The maximum Gasteiger partial charge on any atom is 0.251 e. The van der Waals surface area contributed by atoms with Gasteiger partial charge < -0.3 is 14.8 Å². The third kappa shape index (κ3) is 4.35. The van der Waals surface area contributed by atoms with Crippen LogP contribution in [-0.4, -0.2) is 43.1 Å². The first kappa shape index (κ1) is 21.1. The Bertz CT molecular complexity index is 1180. The van der Waals surface area contributed by atoms with E-state index >= 15 is 0 Å². The molecular weight excluding hydrogens is 384 g/mol. The smallest absolute Gasteiger partial charge is 0.251 e. The molecule has 2 aromatic carbocycles. The number of H-pyrrole nitrogens is 1. The molecule has 1 atom stereocenters. The molecular formula is C26H30N4O. The van der Waals surface area contributed by atoms with E-state index in [0.717, 1.165) is 53.8 Å². The van der Waals surface area contributed by atoms with Crippen molar-refractivity contribution in [3.05, 3.63) is 75.6 Å². The van der Waals surface area contributed by atoms with Gasteiger partial charge in [-0.1, -0.05) is 31.2 Å². The average molecular weight is 415 g/mol. The Balaban J connectivity index is 1.63. The number of nitriles is 1. The maximum absolute atomic E-state index is 12.3. The summed E-state index contributed by atoms with van der Waals surface area (Å²) in [7, 11) is 2.16. The van der Waals surface area contributed by atoms with E-state index in [1.165, 1.54) is 5.69 Å². The van der Waals surface area contributed by atoms with Gasteiger partial charge in [-0.05, 0) is 67.6 Å². The highest BCUT2D eigenvalue weighted by molar-refractivity contribution is 5.80. The zero-order valence-electron chi connectivity index (χ0n) is 18.6. The Hall–Kier alpha value is -3.10. The maximum atomic E-state index is 12.3. The van der Waals surface area contributed by atoms with Crippen molar-refractivity contribution in [2.45, 2.75) is 32.1 Å². The van der Waals surface area contributed by atoms with Gasteiger partial charge in [-0.25, -0.2) is 0 Å². The SMILES string of the molecule is CCc1cc2ccc(C(C)(C#N)Cc3cccc(N4CCN(C)CC4)c3)cc2[nH]c1=O. The number of aryl methyl sites for hydroxylation is 1. The number of hydrogen-bond acceptors (Lipinski definition) is 4. The van der Waals surface area contributed by atoms with Crippen LogP contribution in [0, 0.1) is 11.3 Å². The summed E-state index contributed by atoms with van der Waals surface area (Å²) >= 11 is 0. The number of benzene rings is 2. The number of anilines is 1. The van der Waals surface area contributed by atoms with E-state index in [1.807, 2.05) is 38.1 Å². The predicted molar refractivity (Wildman–Crippen MR) is 127 cm³/mol. The van der Waals surface area contributed by atoms with Crippen molar-refractivity contribution >= 4 is 16.6 Å². The fourth-order valence-electron chi connectivity index (χ4n) is 4.39. The minimum Gasteiger partial charge on any atom is -0.369 e. The van der Waals surface area contributed by atoms with Crippen LogP contribution in [0.4, 0.5) is 5.69 Å². The van der Waals surface area contributed by atoms with E-state index in [1.54, 1.807) is 0 Å². The molecule has 1 N–H and O–H groups in total. The molecule has 1 aromatic heterocycles. The molecule has 160 valence electrons. The highest BCUT2D eigenvalue weighted by atomic mass is 16.1. The number of aromatic nitrogens is 1. The largest absolute Gasteiger partial charge is 0.369 e. The van der Waals surface area contributed by atoms with Gasteiger partial charge in [0.25, 0.3) is 5.56 Å². The average Bonchev–Trinajstić information content (AvgIpc) is 2.78. The third-order valence-electron chi connectivity index (χ3n) is 6.52. The molecule has 5 nitrogen and oxygen atoms in total. The molecule has 0 radical (unpaired) electrons. The fourth-order valence-corrected chi connectivity index (χ4v) is 4.39. The van der Waals surface area contributed by atoms with E-state index in [9.17, 15) is 10.1 Å². The first-order valence-electron chi connectivity index (χ1n) is 11.0. The van der Waals surface area contributed by atoms with Gasteiger partial charge in [-0.3, -0.25) is 4.79 Å². The first-order valence-corrected chi connectivity index (χ1v) is 11.0. The summed E-state index contributed by atoms with van der Waals surface area (Å²) in [5.74, 6) is 0. The molecule has 1 aliphatic rings. The van der Waals surface area contributed by atoms with Crippen LogP contribution in [-0.2, 0) is 18.3 Å². The van der Waals surface area contributed by atoms with Crippen molar-refractivity contribution < 1.29 is 0 Å². The number of aromatic amines is 1. The van der Waals surface area contributed by atoms with Crippen LogP contribution in [0.1, 0.15) is 30.5 Å². The number of nitrogens with zero attached hydrogens (tertiary/aromatic N) is 3. The lowest BCUT2D eigenvalue weighted by atomic mass is 9.78. The highest BCUT2D eigenvalue weighted by Gasteiger charge is 2.28. The Labute approximate surface area is 183 Å². The van der Waals surface area contributed by atoms with E-state index in [4.69, 9.17) is 0 Å². The van der Waals surface area contributed by atoms with Gasteiger partial charge in [-0.2, -0.15) is 5.26 Å². The zero-order valence-corrected chi connectivity index (χ0v) is 18.6. The van der Waals surface area contributed by atoms with Gasteiger partial charge >= 0.3 is 0 Å². The quantitative estimate of drug-likeness (QED) is 0.689. The molecule has 5 heteroatoms. The minimum atomic E-state index is -0.685. The lowest BCUT2D eigenvalue weighted by Crippen LogP contribution is -2.44. The molecule has 1 fully saturated rings. The Morgan fingerprint density at radius 2 is 1.87 bits per heavy atom. The second kappa shape index (κ2) is 8.56. The molecule has 1 aliphatic heterocycles. The number of pyridine rings is 1. The van der Waals surface area contributed by atoms with Crippen molar-refractivity contribution in [1.82, 2.24) is 9.88 Å². The topological polar surface area (TPSA) is 63.1 Å². The Kier molecular flexibility index (Phi) is 5.84. The molecule has 4 rings (SSSR count). The fraction of sp³-hybridized carbons (Fsp3) is 0.385. The van der Waals surface area contributed by atoms with Crippen molar-refractivity contribution in [2.75, 3.05) is 38.1 Å². The Morgan fingerprint density at radius 3 is 2.58 bits per heavy atom. The molecule has 0 bridgehead atoms. The second-order valence-electron chi connectivity index (χ2n) is 8.86. The summed E-state index contributed by atoms with van der Waals surface area (Å²) in [6, 6.07) is 19.0. The minimum absolute atomic E-state index is 0.0503. The summed E-state index contributed by atoms with van der Waals surface area (Å²) < 4.78 is 0. The molecule has 0 aliphatic carbocycles. The number of likely N-dealkylation sites (N-methyl/N-ethyl adjacent to an activating group) is 1. The van der Waals surface area contributed by atoms with Crippen LogP contribution >= 0.6 is 0 Å². The molecule has 0 spiro atoms. The lowest BCUT2D eigenvalue weighted by molar-refractivity contribution is 0.313.